The van der Waals surface area contributed by atoms with Crippen molar-refractivity contribution in [2.75, 3.05) is 6.61 Å². The molecule has 0 aliphatic rings. The molecule has 0 spiro atoms. The fourth-order valence-corrected chi connectivity index (χ4v) is 2.77. The first-order chi connectivity index (χ1) is 9.40. The Balaban J connectivity index is 2.80. The van der Waals surface area contributed by atoms with E-state index < -0.39 is 22.0 Å². The van der Waals surface area contributed by atoms with Crippen LogP contribution in [0.25, 0.3) is 0 Å². The number of nitrogens with one attached hydrogen (secondary N) is 1. The van der Waals surface area contributed by atoms with E-state index in [0.29, 0.717) is 6.61 Å². The molecule has 0 aliphatic carbocycles. The van der Waals surface area contributed by atoms with Crippen LogP contribution in [0.3, 0.4) is 0 Å². The third-order valence-corrected chi connectivity index (χ3v) is 4.16. The van der Waals surface area contributed by atoms with Crippen molar-refractivity contribution in [2.24, 2.45) is 0 Å². The van der Waals surface area contributed by atoms with Gasteiger partial charge in [-0.2, -0.15) is 0 Å². The first kappa shape index (κ1) is 16.7. The van der Waals surface area contributed by atoms with Gasteiger partial charge in [-0.15, -0.1) is 0 Å². The molecule has 1 aromatic rings. The quantitative estimate of drug-likeness (QED) is 0.834. The molecule has 0 saturated carbocycles. The normalized spacial score (nSPS) is 12.9. The number of aryl methyl sites for hydroxylation is 1. The van der Waals surface area contributed by atoms with E-state index in [-0.39, 0.29) is 4.90 Å². The monoisotopic (exact) mass is 299 g/mol. The first-order valence-corrected chi connectivity index (χ1v) is 8.16. The molecule has 112 valence electrons. The zero-order chi connectivity index (χ0) is 15.2. The molecule has 1 aromatic carbocycles. The number of ether oxygens (including phenoxy) is 1. The van der Waals surface area contributed by atoms with E-state index >= 15 is 0 Å². The fraction of sp³-hybridized carbons (Fsp3) is 0.500. The molecule has 5 nitrogen and oxygen atoms in total. The Labute approximate surface area is 120 Å². The maximum atomic E-state index is 12.0. The standard InChI is InChI=1S/C14H21NO4S/c1-4-6-12-7-9-13(10-8-12)20(17,18)15-14(16)11(3)19-5-2/h7-11H,4-6H2,1-3H3,(H,15,16). The van der Waals surface area contributed by atoms with Crippen LogP contribution < -0.4 is 4.72 Å². The smallest absolute Gasteiger partial charge is 0.264 e. The van der Waals surface area contributed by atoms with Gasteiger partial charge in [-0.1, -0.05) is 25.5 Å². The maximum Gasteiger partial charge on any atom is 0.264 e. The summed E-state index contributed by atoms with van der Waals surface area (Å²) in [4.78, 5) is 11.8. The second kappa shape index (κ2) is 7.40. The molecular formula is C14H21NO4S. The predicted octanol–water partition coefficient (Wildman–Crippen LogP) is 1.87. The van der Waals surface area contributed by atoms with Crippen molar-refractivity contribution >= 4 is 15.9 Å². The number of amides is 1. The molecule has 1 N–H and O–H groups in total. The van der Waals surface area contributed by atoms with Crippen LogP contribution in [-0.4, -0.2) is 27.0 Å². The molecule has 1 atom stereocenters. The topological polar surface area (TPSA) is 72.5 Å². The molecule has 1 rings (SSSR count). The van der Waals surface area contributed by atoms with Crippen LogP contribution in [0.4, 0.5) is 0 Å². The van der Waals surface area contributed by atoms with Gasteiger partial charge in [0.25, 0.3) is 15.9 Å². The molecule has 0 aliphatic heterocycles. The van der Waals surface area contributed by atoms with Crippen molar-refractivity contribution in [1.29, 1.82) is 0 Å². The number of benzene rings is 1. The molecule has 20 heavy (non-hydrogen) atoms. The van der Waals surface area contributed by atoms with Gasteiger partial charge in [0.2, 0.25) is 0 Å². The molecule has 0 aromatic heterocycles. The molecule has 0 radical (unpaired) electrons. The Hall–Kier alpha value is -1.40. The minimum Gasteiger partial charge on any atom is -0.369 e. The van der Waals surface area contributed by atoms with E-state index in [9.17, 15) is 13.2 Å². The van der Waals surface area contributed by atoms with E-state index in [2.05, 4.69) is 6.92 Å². The maximum absolute atomic E-state index is 12.0. The summed E-state index contributed by atoms with van der Waals surface area (Å²) in [5, 5.41) is 0. The number of hydrogen-bond acceptors (Lipinski definition) is 4. The Kier molecular flexibility index (Phi) is 6.16. The van der Waals surface area contributed by atoms with E-state index in [1.165, 1.54) is 19.1 Å². The van der Waals surface area contributed by atoms with Crippen LogP contribution in [0, 0.1) is 0 Å². The Bertz CT molecular complexity index is 537. The van der Waals surface area contributed by atoms with Crippen molar-refractivity contribution in [3.05, 3.63) is 29.8 Å². The number of sulfonamides is 1. The molecule has 1 amide bonds. The summed E-state index contributed by atoms with van der Waals surface area (Å²) in [5.41, 5.74) is 1.07. The molecule has 0 bridgehead atoms. The van der Waals surface area contributed by atoms with Gasteiger partial charge in [-0.05, 0) is 38.0 Å². The van der Waals surface area contributed by atoms with Gasteiger partial charge in [0.05, 0.1) is 4.90 Å². The van der Waals surface area contributed by atoms with Gasteiger partial charge < -0.3 is 4.74 Å². The Morgan fingerprint density at radius 3 is 2.35 bits per heavy atom. The Morgan fingerprint density at radius 1 is 1.25 bits per heavy atom. The van der Waals surface area contributed by atoms with Crippen LogP contribution >= 0.6 is 0 Å². The third-order valence-electron chi connectivity index (χ3n) is 2.79. The summed E-state index contributed by atoms with van der Waals surface area (Å²) < 4.78 is 31.1. The lowest BCUT2D eigenvalue weighted by atomic mass is 10.1. The highest BCUT2D eigenvalue weighted by atomic mass is 32.2. The number of carbonyl (C=O) groups excluding carboxylic acids is 1. The van der Waals surface area contributed by atoms with Crippen molar-refractivity contribution in [1.82, 2.24) is 4.72 Å². The second-order valence-electron chi connectivity index (χ2n) is 4.46. The van der Waals surface area contributed by atoms with E-state index in [4.69, 9.17) is 4.74 Å². The number of carbonyl (C=O) groups is 1. The highest BCUT2D eigenvalue weighted by Crippen LogP contribution is 2.12. The van der Waals surface area contributed by atoms with Crippen LogP contribution in [0.5, 0.6) is 0 Å². The van der Waals surface area contributed by atoms with Gasteiger partial charge in [-0.3, -0.25) is 4.79 Å². The minimum absolute atomic E-state index is 0.0781. The zero-order valence-electron chi connectivity index (χ0n) is 12.0. The van der Waals surface area contributed by atoms with Crippen molar-refractivity contribution < 1.29 is 17.9 Å². The molecule has 0 heterocycles. The summed E-state index contributed by atoms with van der Waals surface area (Å²) in [7, 11) is -3.83. The molecule has 1 unspecified atom stereocenters. The van der Waals surface area contributed by atoms with E-state index in [0.717, 1.165) is 18.4 Å². The number of rotatable bonds is 7. The summed E-state index contributed by atoms with van der Waals surface area (Å²) in [6, 6.07) is 6.53. The van der Waals surface area contributed by atoms with E-state index in [1.54, 1.807) is 19.1 Å². The second-order valence-corrected chi connectivity index (χ2v) is 6.14. The van der Waals surface area contributed by atoms with Crippen LogP contribution in [0.1, 0.15) is 32.8 Å². The average molecular weight is 299 g/mol. The lowest BCUT2D eigenvalue weighted by Gasteiger charge is -2.12. The van der Waals surface area contributed by atoms with E-state index in [1.807, 2.05) is 4.72 Å². The van der Waals surface area contributed by atoms with Crippen molar-refractivity contribution in [2.45, 2.75) is 44.6 Å². The minimum atomic E-state index is -3.83. The van der Waals surface area contributed by atoms with Gasteiger partial charge >= 0.3 is 0 Å². The lowest BCUT2D eigenvalue weighted by Crippen LogP contribution is -2.38. The highest BCUT2D eigenvalue weighted by molar-refractivity contribution is 7.90. The molecular weight excluding hydrogens is 278 g/mol. The van der Waals surface area contributed by atoms with Crippen LogP contribution in [0.2, 0.25) is 0 Å². The largest absolute Gasteiger partial charge is 0.369 e. The summed E-state index contributed by atoms with van der Waals surface area (Å²) >= 11 is 0. The Morgan fingerprint density at radius 2 is 1.85 bits per heavy atom. The van der Waals surface area contributed by atoms with Gasteiger partial charge in [0.15, 0.2) is 0 Å². The SMILES string of the molecule is CCCc1ccc(S(=O)(=O)NC(=O)C(C)OCC)cc1. The zero-order valence-corrected chi connectivity index (χ0v) is 12.9. The van der Waals surface area contributed by atoms with Crippen LogP contribution in [-0.2, 0) is 26.0 Å². The summed E-state index contributed by atoms with van der Waals surface area (Å²) in [6.45, 7) is 5.66. The van der Waals surface area contributed by atoms with Gasteiger partial charge in [0.1, 0.15) is 6.10 Å². The van der Waals surface area contributed by atoms with Crippen molar-refractivity contribution in [3.8, 4) is 0 Å². The molecule has 0 fully saturated rings. The predicted molar refractivity (Wildman–Crippen MR) is 76.9 cm³/mol. The van der Waals surface area contributed by atoms with Crippen molar-refractivity contribution in [3.63, 3.8) is 0 Å². The first-order valence-electron chi connectivity index (χ1n) is 6.68. The number of hydrogen-bond donors (Lipinski definition) is 1. The highest BCUT2D eigenvalue weighted by Gasteiger charge is 2.21. The molecule has 0 saturated heterocycles. The van der Waals surface area contributed by atoms with Gasteiger partial charge in [-0.25, -0.2) is 13.1 Å². The summed E-state index contributed by atoms with van der Waals surface area (Å²) in [6.07, 6.45) is 1.09. The lowest BCUT2D eigenvalue weighted by molar-refractivity contribution is -0.129. The van der Waals surface area contributed by atoms with Gasteiger partial charge in [0, 0.05) is 6.61 Å². The third kappa shape index (κ3) is 4.61. The average Bonchev–Trinajstić information content (AvgIpc) is 2.39. The fourth-order valence-electron chi connectivity index (χ4n) is 1.72. The van der Waals surface area contributed by atoms with Crippen LogP contribution in [0.15, 0.2) is 29.2 Å². The summed E-state index contributed by atoms with van der Waals surface area (Å²) in [5.74, 6) is -0.663. The molecule has 6 heteroatoms.